The number of nitrogens with one attached hydrogen (secondary N) is 1. The number of rotatable bonds is 7. The molecule has 3 aliphatic rings. The van der Waals surface area contributed by atoms with Crippen molar-refractivity contribution in [2.24, 2.45) is 10.8 Å². The van der Waals surface area contributed by atoms with Crippen LogP contribution in [-0.2, 0) is 17.7 Å². The normalized spacial score (nSPS) is 23.9. The molecule has 1 amide bonds. The first-order valence-electron chi connectivity index (χ1n) is 13.8. The number of hydrogen-bond acceptors (Lipinski definition) is 4. The smallest absolute Gasteiger partial charge is 0.407 e. The van der Waals surface area contributed by atoms with Gasteiger partial charge in [0.25, 0.3) is 0 Å². The third-order valence-electron chi connectivity index (χ3n) is 8.65. The lowest BCUT2D eigenvalue weighted by Crippen LogP contribution is -2.49. The minimum absolute atomic E-state index is 0.216. The standard InChI is InChI=1S/C30H42N4O2/c1-6-7-12-24-33-25-21(2)32-23-11-9-8-10-22(23)26(25)34(24)20-30-16-13-29(14-17-30,15-18-30)19-31-27(35)36-28(3,4)5/h8-11H,6-7,12-20H2,1-5H3,(H,31,35). The molecule has 194 valence electrons. The number of amides is 1. The van der Waals surface area contributed by atoms with Gasteiger partial charge in [-0.3, -0.25) is 4.98 Å². The van der Waals surface area contributed by atoms with Crippen molar-refractivity contribution < 1.29 is 9.53 Å². The Kier molecular flexibility index (Phi) is 6.50. The Morgan fingerprint density at radius 1 is 1.06 bits per heavy atom. The van der Waals surface area contributed by atoms with E-state index in [4.69, 9.17) is 14.7 Å². The van der Waals surface area contributed by atoms with Gasteiger partial charge in [0, 0.05) is 24.9 Å². The number of carbonyl (C=O) groups excluding carboxylic acids is 1. The van der Waals surface area contributed by atoms with Gasteiger partial charge in [0.1, 0.15) is 16.9 Å². The molecule has 36 heavy (non-hydrogen) atoms. The molecule has 0 spiro atoms. The van der Waals surface area contributed by atoms with Gasteiger partial charge in [-0.1, -0.05) is 31.5 Å². The van der Waals surface area contributed by atoms with Crippen LogP contribution in [0.2, 0.25) is 0 Å². The van der Waals surface area contributed by atoms with Gasteiger partial charge in [-0.05, 0) is 89.5 Å². The second kappa shape index (κ2) is 9.35. The zero-order chi connectivity index (χ0) is 25.6. The van der Waals surface area contributed by atoms with Gasteiger partial charge < -0.3 is 14.6 Å². The molecule has 1 aromatic carbocycles. The molecule has 0 atom stereocenters. The van der Waals surface area contributed by atoms with Crippen LogP contribution in [0.15, 0.2) is 24.3 Å². The lowest BCUT2D eigenvalue weighted by molar-refractivity contribution is -0.0206. The number of pyridine rings is 1. The predicted octanol–water partition coefficient (Wildman–Crippen LogP) is 7.10. The van der Waals surface area contributed by atoms with Crippen LogP contribution >= 0.6 is 0 Å². The van der Waals surface area contributed by atoms with Crippen molar-refractivity contribution in [1.82, 2.24) is 19.9 Å². The number of aryl methyl sites for hydroxylation is 2. The Labute approximate surface area is 215 Å². The minimum Gasteiger partial charge on any atom is -0.444 e. The average Bonchev–Trinajstić information content (AvgIpc) is 3.20. The Morgan fingerprint density at radius 2 is 1.72 bits per heavy atom. The van der Waals surface area contributed by atoms with Gasteiger partial charge in [-0.15, -0.1) is 0 Å². The highest BCUT2D eigenvalue weighted by Gasteiger charge is 2.49. The number of unbranched alkanes of at least 4 members (excludes halogenated alkanes) is 1. The molecule has 0 aliphatic heterocycles. The summed E-state index contributed by atoms with van der Waals surface area (Å²) in [4.78, 5) is 22.3. The number of imidazole rings is 1. The summed E-state index contributed by atoms with van der Waals surface area (Å²) < 4.78 is 8.06. The van der Waals surface area contributed by atoms with E-state index >= 15 is 0 Å². The second-order valence-electron chi connectivity index (χ2n) is 12.5. The van der Waals surface area contributed by atoms with Gasteiger partial charge >= 0.3 is 6.09 Å². The first-order valence-corrected chi connectivity index (χ1v) is 13.8. The highest BCUT2D eigenvalue weighted by molar-refractivity contribution is 6.03. The van der Waals surface area contributed by atoms with Gasteiger partial charge in [0.15, 0.2) is 0 Å². The SMILES string of the molecule is CCCCc1nc2c(C)nc3ccccc3c2n1CC12CCC(CNC(=O)OC(C)(C)C)(CC1)CC2. The molecule has 3 saturated carbocycles. The summed E-state index contributed by atoms with van der Waals surface area (Å²) >= 11 is 0. The van der Waals surface area contributed by atoms with Crippen LogP contribution in [0, 0.1) is 17.8 Å². The maximum Gasteiger partial charge on any atom is 0.407 e. The van der Waals surface area contributed by atoms with E-state index in [9.17, 15) is 4.79 Å². The van der Waals surface area contributed by atoms with E-state index in [1.54, 1.807) is 0 Å². The van der Waals surface area contributed by atoms with Crippen molar-refractivity contribution in [3.8, 4) is 0 Å². The molecule has 2 heterocycles. The fraction of sp³-hybridized carbons (Fsp3) is 0.633. The number of aromatic nitrogens is 3. The topological polar surface area (TPSA) is 69.0 Å². The molecule has 2 bridgehead atoms. The van der Waals surface area contributed by atoms with Crippen LogP contribution in [-0.4, -0.2) is 32.8 Å². The maximum absolute atomic E-state index is 12.3. The Bertz CT molecular complexity index is 1240. The summed E-state index contributed by atoms with van der Waals surface area (Å²) in [5, 5.41) is 4.30. The summed E-state index contributed by atoms with van der Waals surface area (Å²) in [7, 11) is 0. The Hall–Kier alpha value is -2.63. The van der Waals surface area contributed by atoms with Crippen LogP contribution in [0.1, 0.15) is 90.6 Å². The monoisotopic (exact) mass is 490 g/mol. The highest BCUT2D eigenvalue weighted by Crippen LogP contribution is 2.57. The summed E-state index contributed by atoms with van der Waals surface area (Å²) in [6.45, 7) is 11.8. The van der Waals surface area contributed by atoms with Gasteiger partial charge in [-0.25, -0.2) is 9.78 Å². The number of ether oxygens (including phenoxy) is 1. The van der Waals surface area contributed by atoms with E-state index < -0.39 is 5.60 Å². The number of nitrogens with zero attached hydrogens (tertiary/aromatic N) is 3. The van der Waals surface area contributed by atoms with E-state index in [1.807, 2.05) is 20.8 Å². The van der Waals surface area contributed by atoms with Crippen molar-refractivity contribution >= 4 is 28.0 Å². The van der Waals surface area contributed by atoms with Crippen molar-refractivity contribution in [2.45, 2.75) is 105 Å². The number of benzene rings is 1. The van der Waals surface area contributed by atoms with E-state index in [0.717, 1.165) is 42.7 Å². The van der Waals surface area contributed by atoms with Crippen LogP contribution < -0.4 is 5.32 Å². The summed E-state index contributed by atoms with van der Waals surface area (Å²) in [6.07, 6.45) is 10.2. The number of para-hydroxylation sites is 1. The maximum atomic E-state index is 12.3. The number of carbonyl (C=O) groups is 1. The van der Waals surface area contributed by atoms with Crippen molar-refractivity contribution in [3.05, 3.63) is 35.8 Å². The fourth-order valence-electron chi connectivity index (χ4n) is 6.48. The zero-order valence-corrected chi connectivity index (χ0v) is 22.7. The second-order valence-corrected chi connectivity index (χ2v) is 12.5. The molecule has 3 aromatic rings. The van der Waals surface area contributed by atoms with Crippen molar-refractivity contribution in [1.29, 1.82) is 0 Å². The van der Waals surface area contributed by atoms with E-state index in [0.29, 0.717) is 5.41 Å². The molecular formula is C30H42N4O2. The molecule has 6 rings (SSSR count). The largest absolute Gasteiger partial charge is 0.444 e. The third-order valence-corrected chi connectivity index (χ3v) is 8.65. The fourth-order valence-corrected chi connectivity index (χ4v) is 6.48. The van der Waals surface area contributed by atoms with E-state index in [2.05, 4.69) is 48.0 Å². The summed E-state index contributed by atoms with van der Waals surface area (Å²) in [5.74, 6) is 1.22. The zero-order valence-electron chi connectivity index (χ0n) is 22.7. The minimum atomic E-state index is -0.461. The van der Waals surface area contributed by atoms with Crippen LogP contribution in [0.4, 0.5) is 4.79 Å². The quantitative estimate of drug-likeness (QED) is 0.383. The number of alkyl carbamates (subject to hydrolysis) is 1. The summed E-state index contributed by atoms with van der Waals surface area (Å²) in [5.41, 5.74) is 4.48. The van der Waals surface area contributed by atoms with Crippen LogP contribution in [0.5, 0.6) is 0 Å². The molecule has 1 N–H and O–H groups in total. The van der Waals surface area contributed by atoms with Crippen molar-refractivity contribution in [2.75, 3.05) is 6.54 Å². The molecule has 3 aliphatic carbocycles. The van der Waals surface area contributed by atoms with Crippen LogP contribution in [0.3, 0.4) is 0 Å². The molecule has 2 aromatic heterocycles. The third kappa shape index (κ3) is 4.83. The molecule has 6 nitrogen and oxygen atoms in total. The molecule has 0 saturated heterocycles. The average molecular weight is 491 g/mol. The van der Waals surface area contributed by atoms with Crippen molar-refractivity contribution in [3.63, 3.8) is 0 Å². The lowest BCUT2D eigenvalue weighted by Gasteiger charge is -2.54. The van der Waals surface area contributed by atoms with Gasteiger partial charge in [-0.2, -0.15) is 0 Å². The molecular weight excluding hydrogens is 448 g/mol. The summed E-state index contributed by atoms with van der Waals surface area (Å²) in [6, 6.07) is 8.52. The molecule has 0 unspecified atom stereocenters. The Morgan fingerprint density at radius 3 is 2.39 bits per heavy atom. The first kappa shape index (κ1) is 25.0. The molecule has 6 heteroatoms. The Balaban J connectivity index is 1.40. The van der Waals surface area contributed by atoms with Gasteiger partial charge in [0.2, 0.25) is 0 Å². The van der Waals surface area contributed by atoms with E-state index in [-0.39, 0.29) is 11.5 Å². The predicted molar refractivity (Wildman–Crippen MR) is 145 cm³/mol. The molecule has 3 fully saturated rings. The van der Waals surface area contributed by atoms with Gasteiger partial charge in [0.05, 0.1) is 16.7 Å². The highest BCUT2D eigenvalue weighted by atomic mass is 16.6. The number of hydrogen-bond donors (Lipinski definition) is 1. The number of fused-ring (bicyclic) bond motifs is 6. The first-order chi connectivity index (χ1) is 17.1. The van der Waals surface area contributed by atoms with Crippen LogP contribution in [0.25, 0.3) is 21.9 Å². The molecule has 0 radical (unpaired) electrons. The lowest BCUT2D eigenvalue weighted by atomic mass is 9.53. The van der Waals surface area contributed by atoms with E-state index in [1.165, 1.54) is 61.7 Å².